The van der Waals surface area contributed by atoms with Gasteiger partial charge in [-0.3, -0.25) is 0 Å². The van der Waals surface area contributed by atoms with Crippen LogP contribution < -0.4 is 0 Å². The Morgan fingerprint density at radius 3 is 0.790 bits per heavy atom. The third-order valence-corrected chi connectivity index (χ3v) is 19.2. The highest BCUT2D eigenvalue weighted by Crippen LogP contribution is 2.49. The smallest absolute Gasteiger partial charge is 0.166 e. The Morgan fingerprint density at radius 1 is 0.180 bits per heavy atom. The molecule has 0 amide bonds. The Labute approximate surface area is 579 Å². The van der Waals surface area contributed by atoms with E-state index >= 15 is 0 Å². The molecule has 8 nitrogen and oxygen atoms in total. The molecule has 0 saturated heterocycles. The standard InChI is InChI=1S/C92H62N8/c1-59-45-49-61(50-46-59)67-53-55-83-79(57-67)73-37-19-21-43-81(73)99(83)85-75(39-23-41-77(85)91-95-87(63-25-7-3-8-26-63)93-88(96-91)64-27-9-4-10-28-64)71-35-17-15-33-69(71)70-34-16-18-36-72(70)76-40-24-42-78(92-97-89(65-29-11-5-12-30-65)94-90(98-92)66-31-13-6-14-32-66)86(76)100-82-44-22-20-38-74(82)80-58-68(54-56-84(80)100)62-51-47-60(2)48-52-62/h3-58H,1-2H3. The average Bonchev–Trinajstić information content (AvgIpc) is 1.52. The number of aryl methyl sites for hydroxylation is 2. The van der Waals surface area contributed by atoms with E-state index in [1.54, 1.807) is 0 Å². The molecule has 0 unspecified atom stereocenters. The van der Waals surface area contributed by atoms with E-state index in [0.29, 0.717) is 34.9 Å². The van der Waals surface area contributed by atoms with E-state index in [1.165, 1.54) is 11.1 Å². The summed E-state index contributed by atoms with van der Waals surface area (Å²) in [6, 6.07) is 121. The number of hydrogen-bond acceptors (Lipinski definition) is 6. The molecule has 0 aliphatic heterocycles. The summed E-state index contributed by atoms with van der Waals surface area (Å²) in [6.45, 7) is 4.27. The molecule has 18 aromatic rings. The Hall–Kier alpha value is -13.3. The fourth-order valence-corrected chi connectivity index (χ4v) is 14.4. The van der Waals surface area contributed by atoms with Crippen molar-refractivity contribution in [3.05, 3.63) is 351 Å². The summed E-state index contributed by atoms with van der Waals surface area (Å²) in [7, 11) is 0. The molecule has 0 aliphatic rings. The maximum absolute atomic E-state index is 5.49. The molecular formula is C92H62N8. The minimum atomic E-state index is 0.549. The molecule has 8 heteroatoms. The monoisotopic (exact) mass is 1280 g/mol. The summed E-state index contributed by atoms with van der Waals surface area (Å²) in [4.78, 5) is 32.4. The van der Waals surface area contributed by atoms with Crippen molar-refractivity contribution in [2.45, 2.75) is 13.8 Å². The molecule has 470 valence electrons. The topological polar surface area (TPSA) is 87.2 Å². The van der Waals surface area contributed by atoms with Crippen molar-refractivity contribution in [2.75, 3.05) is 0 Å². The zero-order valence-corrected chi connectivity index (χ0v) is 54.9. The van der Waals surface area contributed by atoms with E-state index in [0.717, 1.165) is 144 Å². The van der Waals surface area contributed by atoms with Crippen LogP contribution in [0, 0.1) is 13.8 Å². The second kappa shape index (κ2) is 25.0. The van der Waals surface area contributed by atoms with Gasteiger partial charge in [0.15, 0.2) is 34.9 Å². The molecule has 0 spiro atoms. The number of rotatable bonds is 13. The van der Waals surface area contributed by atoms with Gasteiger partial charge in [-0.05, 0) is 107 Å². The van der Waals surface area contributed by atoms with Crippen LogP contribution in [0.15, 0.2) is 340 Å². The molecule has 4 heterocycles. The molecule has 0 saturated carbocycles. The minimum absolute atomic E-state index is 0.549. The van der Waals surface area contributed by atoms with Gasteiger partial charge in [-0.1, -0.05) is 302 Å². The predicted molar refractivity (Wildman–Crippen MR) is 411 cm³/mol. The molecule has 14 aromatic carbocycles. The SMILES string of the molecule is Cc1ccc(-c2ccc3c(c2)c2ccccc2n3-c2c(-c3nc(-c4ccccc4)nc(-c4ccccc4)n3)cccc2-c2ccccc2-c2ccccc2-c2cccc(-c3nc(-c4ccccc4)nc(-c4ccccc4)n3)c2-n2c3ccccc3c3cc(-c4ccc(C)cc4)ccc32)cc1. The van der Waals surface area contributed by atoms with Gasteiger partial charge in [0.25, 0.3) is 0 Å². The molecule has 0 aliphatic carbocycles. The van der Waals surface area contributed by atoms with Gasteiger partial charge in [0.05, 0.1) is 33.4 Å². The molecule has 0 bridgehead atoms. The molecule has 18 rings (SSSR count). The molecular weight excluding hydrogens is 1220 g/mol. The highest BCUT2D eigenvalue weighted by molar-refractivity contribution is 6.14. The van der Waals surface area contributed by atoms with Crippen molar-refractivity contribution in [3.63, 3.8) is 0 Å². The number of nitrogens with zero attached hydrogens (tertiary/aromatic N) is 8. The maximum atomic E-state index is 5.49. The summed E-state index contributed by atoms with van der Waals surface area (Å²) >= 11 is 0. The molecule has 100 heavy (non-hydrogen) atoms. The largest absolute Gasteiger partial charge is 0.308 e. The lowest BCUT2D eigenvalue weighted by Gasteiger charge is -2.23. The van der Waals surface area contributed by atoms with Crippen molar-refractivity contribution in [1.29, 1.82) is 0 Å². The van der Waals surface area contributed by atoms with Gasteiger partial charge < -0.3 is 9.13 Å². The molecule has 0 atom stereocenters. The number of aromatic nitrogens is 8. The van der Waals surface area contributed by atoms with Crippen LogP contribution in [0.3, 0.4) is 0 Å². The maximum Gasteiger partial charge on any atom is 0.166 e. The summed E-state index contributed by atoms with van der Waals surface area (Å²) in [5.41, 5.74) is 24.4. The Balaban J connectivity index is 0.910. The van der Waals surface area contributed by atoms with E-state index in [1.807, 2.05) is 72.8 Å². The predicted octanol–water partition coefficient (Wildman–Crippen LogP) is 23.2. The van der Waals surface area contributed by atoms with E-state index in [2.05, 4.69) is 290 Å². The van der Waals surface area contributed by atoms with Crippen molar-refractivity contribution in [3.8, 4) is 135 Å². The van der Waals surface area contributed by atoms with Crippen LogP contribution in [-0.4, -0.2) is 39.0 Å². The van der Waals surface area contributed by atoms with Crippen molar-refractivity contribution in [1.82, 2.24) is 39.0 Å². The highest BCUT2D eigenvalue weighted by atomic mass is 15.1. The van der Waals surface area contributed by atoms with Crippen LogP contribution in [0.4, 0.5) is 0 Å². The number of hydrogen-bond donors (Lipinski definition) is 0. The van der Waals surface area contributed by atoms with Crippen LogP contribution in [0.5, 0.6) is 0 Å². The number of benzene rings is 14. The van der Waals surface area contributed by atoms with Crippen molar-refractivity contribution < 1.29 is 0 Å². The second-order valence-corrected chi connectivity index (χ2v) is 25.5. The Bertz CT molecular complexity index is 5650. The quantitative estimate of drug-likeness (QED) is 0.114. The van der Waals surface area contributed by atoms with Gasteiger partial charge >= 0.3 is 0 Å². The van der Waals surface area contributed by atoms with Gasteiger partial charge in [0, 0.05) is 66.1 Å². The third kappa shape index (κ3) is 10.6. The molecule has 4 aromatic heterocycles. The van der Waals surface area contributed by atoms with Crippen LogP contribution in [0.2, 0.25) is 0 Å². The molecule has 0 radical (unpaired) electrons. The van der Waals surface area contributed by atoms with E-state index < -0.39 is 0 Å². The highest BCUT2D eigenvalue weighted by Gasteiger charge is 2.28. The van der Waals surface area contributed by atoms with Crippen LogP contribution in [-0.2, 0) is 0 Å². The van der Waals surface area contributed by atoms with Gasteiger partial charge in [-0.15, -0.1) is 0 Å². The van der Waals surface area contributed by atoms with Crippen LogP contribution in [0.1, 0.15) is 11.1 Å². The first-order chi connectivity index (χ1) is 49.4. The zero-order chi connectivity index (χ0) is 66.6. The Morgan fingerprint density at radius 2 is 0.440 bits per heavy atom. The molecule has 0 fully saturated rings. The Kier molecular flexibility index (Phi) is 14.8. The average molecular weight is 1280 g/mol. The lowest BCUT2D eigenvalue weighted by atomic mass is 9.87. The first kappa shape index (κ1) is 59.2. The van der Waals surface area contributed by atoms with Crippen LogP contribution >= 0.6 is 0 Å². The normalized spacial score (nSPS) is 11.5. The fraction of sp³-hybridized carbons (Fsp3) is 0.0217. The number of fused-ring (bicyclic) bond motifs is 6. The third-order valence-electron chi connectivity index (χ3n) is 19.2. The molecule has 0 N–H and O–H groups in total. The number of para-hydroxylation sites is 4. The zero-order valence-electron chi connectivity index (χ0n) is 54.9. The van der Waals surface area contributed by atoms with Gasteiger partial charge in [0.1, 0.15) is 0 Å². The van der Waals surface area contributed by atoms with Crippen molar-refractivity contribution in [2.24, 2.45) is 0 Å². The van der Waals surface area contributed by atoms with E-state index in [-0.39, 0.29) is 0 Å². The summed E-state index contributed by atoms with van der Waals surface area (Å²) < 4.78 is 4.89. The minimum Gasteiger partial charge on any atom is -0.308 e. The van der Waals surface area contributed by atoms with Gasteiger partial charge in [0.2, 0.25) is 0 Å². The summed E-state index contributed by atoms with van der Waals surface area (Å²) in [6.07, 6.45) is 0. The van der Waals surface area contributed by atoms with Gasteiger partial charge in [-0.25, -0.2) is 29.9 Å². The lowest BCUT2D eigenvalue weighted by molar-refractivity contribution is 1.06. The lowest BCUT2D eigenvalue weighted by Crippen LogP contribution is -2.06. The fourth-order valence-electron chi connectivity index (χ4n) is 14.4. The van der Waals surface area contributed by atoms with E-state index in [4.69, 9.17) is 29.9 Å². The van der Waals surface area contributed by atoms with Crippen molar-refractivity contribution >= 4 is 43.6 Å². The first-order valence-electron chi connectivity index (χ1n) is 33.8. The summed E-state index contributed by atoms with van der Waals surface area (Å²) in [5.74, 6) is 3.42. The van der Waals surface area contributed by atoms with E-state index in [9.17, 15) is 0 Å². The summed E-state index contributed by atoms with van der Waals surface area (Å²) in [5, 5.41) is 4.52. The van der Waals surface area contributed by atoms with Crippen LogP contribution in [0.25, 0.3) is 179 Å². The van der Waals surface area contributed by atoms with Gasteiger partial charge in [-0.2, -0.15) is 0 Å². The first-order valence-corrected chi connectivity index (χ1v) is 33.8. The second-order valence-electron chi connectivity index (χ2n) is 25.5.